The van der Waals surface area contributed by atoms with Crippen LogP contribution in [0.15, 0.2) is 30.6 Å². The maximum atomic E-state index is 11.9. The lowest BCUT2D eigenvalue weighted by atomic mass is 10.3. The molecule has 0 spiro atoms. The smallest absolute Gasteiger partial charge is 0.213 e. The first-order valence-corrected chi connectivity index (χ1v) is 8.72. The van der Waals surface area contributed by atoms with E-state index in [9.17, 15) is 8.42 Å². The minimum Gasteiger partial charge on any atom is -0.382 e. The van der Waals surface area contributed by atoms with Crippen molar-refractivity contribution >= 4 is 21.1 Å². The summed E-state index contributed by atoms with van der Waals surface area (Å²) in [5, 5.41) is 0. The van der Waals surface area contributed by atoms with E-state index < -0.39 is 10.0 Å². The van der Waals surface area contributed by atoms with E-state index in [0.29, 0.717) is 32.7 Å². The molecule has 0 radical (unpaired) electrons. The van der Waals surface area contributed by atoms with Gasteiger partial charge in [-0.2, -0.15) is 0 Å². The molecule has 0 saturated heterocycles. The summed E-state index contributed by atoms with van der Waals surface area (Å²) in [6.07, 6.45) is 2.36. The summed E-state index contributed by atoms with van der Waals surface area (Å²) in [7, 11) is -3.27. The van der Waals surface area contributed by atoms with Crippen molar-refractivity contribution in [3.05, 3.63) is 30.6 Å². The van der Waals surface area contributed by atoms with Crippen molar-refractivity contribution in [2.24, 2.45) is 0 Å². The van der Waals surface area contributed by atoms with Gasteiger partial charge in [-0.15, -0.1) is 0 Å². The van der Waals surface area contributed by atoms with Gasteiger partial charge in [0.1, 0.15) is 0 Å². The fourth-order valence-electron chi connectivity index (χ4n) is 2.03. The van der Waals surface area contributed by atoms with Crippen LogP contribution in [0.1, 0.15) is 13.3 Å². The highest BCUT2D eigenvalue weighted by molar-refractivity contribution is 7.89. The maximum absolute atomic E-state index is 11.9. The monoisotopic (exact) mass is 311 g/mol. The van der Waals surface area contributed by atoms with E-state index in [-0.39, 0.29) is 5.75 Å². The molecule has 0 amide bonds. The second kappa shape index (κ2) is 7.53. The zero-order chi connectivity index (χ0) is 15.1. The molecular weight excluding hydrogens is 290 g/mol. The van der Waals surface area contributed by atoms with Crippen molar-refractivity contribution in [2.75, 3.05) is 25.5 Å². The fourth-order valence-corrected chi connectivity index (χ4v) is 3.06. The van der Waals surface area contributed by atoms with Crippen molar-refractivity contribution in [3.8, 4) is 0 Å². The molecule has 0 saturated carbocycles. The number of benzene rings is 1. The molecule has 1 aromatic heterocycles. The van der Waals surface area contributed by atoms with Crippen molar-refractivity contribution in [1.82, 2.24) is 14.3 Å². The zero-order valence-corrected chi connectivity index (χ0v) is 13.0. The number of aromatic nitrogens is 2. The van der Waals surface area contributed by atoms with Crippen LogP contribution in [-0.2, 0) is 21.3 Å². The summed E-state index contributed by atoms with van der Waals surface area (Å²) in [6, 6.07) is 7.67. The molecule has 21 heavy (non-hydrogen) atoms. The molecule has 6 nitrogen and oxygen atoms in total. The van der Waals surface area contributed by atoms with Crippen molar-refractivity contribution in [1.29, 1.82) is 0 Å². The summed E-state index contributed by atoms with van der Waals surface area (Å²) in [4.78, 5) is 4.25. The lowest BCUT2D eigenvalue weighted by Gasteiger charge is -2.08. The normalized spacial score (nSPS) is 12.0. The van der Waals surface area contributed by atoms with Gasteiger partial charge in [0.2, 0.25) is 10.0 Å². The standard InChI is InChI=1S/C14H21N3O3S/c1-2-20-10-5-8-16-21(18,19)11-9-17-12-15-13-6-3-4-7-14(13)17/h3-4,6-7,12,16H,2,5,8-11H2,1H3. The van der Waals surface area contributed by atoms with Gasteiger partial charge in [-0.25, -0.2) is 18.1 Å². The van der Waals surface area contributed by atoms with Gasteiger partial charge in [0.15, 0.2) is 0 Å². The zero-order valence-electron chi connectivity index (χ0n) is 12.2. The molecule has 0 aliphatic carbocycles. The van der Waals surface area contributed by atoms with E-state index in [2.05, 4.69) is 9.71 Å². The van der Waals surface area contributed by atoms with Gasteiger partial charge >= 0.3 is 0 Å². The van der Waals surface area contributed by atoms with Gasteiger partial charge in [0.05, 0.1) is 23.1 Å². The summed E-state index contributed by atoms with van der Waals surface area (Å²) in [5.74, 6) is 0.0436. The number of ether oxygens (including phenoxy) is 1. The van der Waals surface area contributed by atoms with Gasteiger partial charge in [-0.1, -0.05) is 12.1 Å². The Balaban J connectivity index is 1.84. The predicted octanol–water partition coefficient (Wildman–Crippen LogP) is 1.38. The molecule has 0 bridgehead atoms. The molecule has 116 valence electrons. The molecule has 1 aromatic carbocycles. The molecule has 1 heterocycles. The van der Waals surface area contributed by atoms with Crippen LogP contribution in [0.25, 0.3) is 11.0 Å². The maximum Gasteiger partial charge on any atom is 0.213 e. The summed E-state index contributed by atoms with van der Waals surface area (Å²) >= 11 is 0. The average molecular weight is 311 g/mol. The second-order valence-corrected chi connectivity index (χ2v) is 6.62. The van der Waals surface area contributed by atoms with E-state index in [0.717, 1.165) is 11.0 Å². The number of nitrogens with zero attached hydrogens (tertiary/aromatic N) is 2. The number of hydrogen-bond acceptors (Lipinski definition) is 4. The number of hydrogen-bond donors (Lipinski definition) is 1. The number of imidazole rings is 1. The first-order chi connectivity index (χ1) is 10.1. The van der Waals surface area contributed by atoms with E-state index >= 15 is 0 Å². The Labute approximate surface area is 125 Å². The topological polar surface area (TPSA) is 73.2 Å². The molecule has 2 aromatic rings. The van der Waals surface area contributed by atoms with Crippen LogP contribution in [0, 0.1) is 0 Å². The van der Waals surface area contributed by atoms with Crippen LogP contribution in [0.3, 0.4) is 0 Å². The van der Waals surface area contributed by atoms with E-state index in [1.54, 1.807) is 6.33 Å². The second-order valence-electron chi connectivity index (χ2n) is 4.69. The first kappa shape index (κ1) is 15.9. The number of aryl methyl sites for hydroxylation is 1. The van der Waals surface area contributed by atoms with Crippen LogP contribution in [0.5, 0.6) is 0 Å². The van der Waals surface area contributed by atoms with E-state index in [4.69, 9.17) is 4.74 Å². The Morgan fingerprint density at radius 3 is 2.95 bits per heavy atom. The number of sulfonamides is 1. The lowest BCUT2D eigenvalue weighted by molar-refractivity contribution is 0.146. The molecule has 0 aliphatic heterocycles. The van der Waals surface area contributed by atoms with Crippen LogP contribution in [-0.4, -0.2) is 43.5 Å². The van der Waals surface area contributed by atoms with E-state index in [1.807, 2.05) is 35.8 Å². The van der Waals surface area contributed by atoms with Crippen molar-refractivity contribution in [3.63, 3.8) is 0 Å². The van der Waals surface area contributed by atoms with Crippen molar-refractivity contribution < 1.29 is 13.2 Å². The third-order valence-electron chi connectivity index (χ3n) is 3.12. The summed E-state index contributed by atoms with van der Waals surface area (Å²) in [6.45, 7) is 3.94. The highest BCUT2D eigenvalue weighted by Crippen LogP contribution is 2.11. The quantitative estimate of drug-likeness (QED) is 0.710. The van der Waals surface area contributed by atoms with Crippen LogP contribution >= 0.6 is 0 Å². The first-order valence-electron chi connectivity index (χ1n) is 7.07. The Hall–Kier alpha value is -1.44. The Morgan fingerprint density at radius 2 is 2.14 bits per heavy atom. The highest BCUT2D eigenvalue weighted by atomic mass is 32.2. The SMILES string of the molecule is CCOCCCNS(=O)(=O)CCn1cnc2ccccc21. The van der Waals surface area contributed by atoms with E-state index in [1.165, 1.54) is 0 Å². The van der Waals surface area contributed by atoms with Crippen LogP contribution < -0.4 is 4.72 Å². The van der Waals surface area contributed by atoms with Gasteiger partial charge in [-0.3, -0.25) is 0 Å². The molecule has 0 unspecified atom stereocenters. The minimum absolute atomic E-state index is 0.0436. The number of nitrogens with one attached hydrogen (secondary N) is 1. The van der Waals surface area contributed by atoms with Gasteiger partial charge in [-0.05, 0) is 25.5 Å². The molecule has 7 heteroatoms. The van der Waals surface area contributed by atoms with Crippen LogP contribution in [0.4, 0.5) is 0 Å². The van der Waals surface area contributed by atoms with Gasteiger partial charge in [0, 0.05) is 26.3 Å². The minimum atomic E-state index is -3.27. The predicted molar refractivity (Wildman–Crippen MR) is 82.6 cm³/mol. The summed E-state index contributed by atoms with van der Waals surface area (Å²) in [5.41, 5.74) is 1.82. The van der Waals surface area contributed by atoms with Gasteiger partial charge < -0.3 is 9.30 Å². The number of para-hydroxylation sites is 2. The molecule has 2 rings (SSSR count). The molecular formula is C14H21N3O3S. The van der Waals surface area contributed by atoms with Crippen LogP contribution in [0.2, 0.25) is 0 Å². The summed E-state index contributed by atoms with van der Waals surface area (Å²) < 4.78 is 33.4. The molecule has 1 N–H and O–H groups in total. The largest absolute Gasteiger partial charge is 0.382 e. The molecule has 0 atom stereocenters. The third-order valence-corrected chi connectivity index (χ3v) is 4.48. The fraction of sp³-hybridized carbons (Fsp3) is 0.500. The van der Waals surface area contributed by atoms with Crippen molar-refractivity contribution in [2.45, 2.75) is 19.9 Å². The Bertz CT molecular complexity index is 667. The Kier molecular flexibility index (Phi) is 5.72. The van der Waals surface area contributed by atoms with Gasteiger partial charge in [0.25, 0.3) is 0 Å². The third kappa shape index (κ3) is 4.80. The molecule has 0 fully saturated rings. The lowest BCUT2D eigenvalue weighted by Crippen LogP contribution is -2.29. The number of rotatable bonds is 9. The highest BCUT2D eigenvalue weighted by Gasteiger charge is 2.10. The molecule has 0 aliphatic rings. The number of fused-ring (bicyclic) bond motifs is 1. The average Bonchev–Trinajstić information content (AvgIpc) is 2.88. The Morgan fingerprint density at radius 1 is 1.33 bits per heavy atom.